The van der Waals surface area contributed by atoms with Crippen LogP contribution in [0, 0.1) is 13.8 Å². The summed E-state index contributed by atoms with van der Waals surface area (Å²) in [5.41, 5.74) is 3.00. The number of nitrogens with zero attached hydrogens (tertiary/aromatic N) is 3. The Labute approximate surface area is 185 Å². The number of ether oxygens (including phenoxy) is 1. The van der Waals surface area contributed by atoms with Gasteiger partial charge in [0.1, 0.15) is 12.3 Å². The standard InChI is InChI=1S/C22H23ClN4O2S/c1-4-12-27-13-21(29-18-10-8-17(23)9-11-18)25-22(26-27)30-14-20(28)24-19-7-5-6-15(2)16(19)3/h4-11H,1,12-14H2,2-3H3,(H,24,28). The summed E-state index contributed by atoms with van der Waals surface area (Å²) in [6.07, 6.45) is 1.75. The van der Waals surface area contributed by atoms with E-state index < -0.39 is 0 Å². The number of thioether (sulfide) groups is 1. The van der Waals surface area contributed by atoms with Gasteiger partial charge < -0.3 is 10.1 Å². The lowest BCUT2D eigenvalue weighted by molar-refractivity contribution is -0.113. The first-order valence-electron chi connectivity index (χ1n) is 9.39. The van der Waals surface area contributed by atoms with Gasteiger partial charge >= 0.3 is 0 Å². The normalized spacial score (nSPS) is 13.4. The fraction of sp³-hybridized carbons (Fsp3) is 0.227. The van der Waals surface area contributed by atoms with E-state index in [2.05, 4.69) is 22.0 Å². The molecule has 1 aliphatic heterocycles. The molecule has 0 bridgehead atoms. The molecule has 0 saturated heterocycles. The number of amides is 1. The minimum Gasteiger partial charge on any atom is -0.441 e. The van der Waals surface area contributed by atoms with E-state index >= 15 is 0 Å². The average molecular weight is 443 g/mol. The summed E-state index contributed by atoms with van der Waals surface area (Å²) in [5.74, 6) is 1.20. The number of halogens is 1. The van der Waals surface area contributed by atoms with Crippen molar-refractivity contribution in [2.75, 3.05) is 24.2 Å². The summed E-state index contributed by atoms with van der Waals surface area (Å²) >= 11 is 7.18. The SMILES string of the molecule is C=CCN1CC(Oc2ccc(Cl)cc2)=NC(SCC(=O)Nc2cccc(C)c2C)=N1. The Kier molecular flexibility index (Phi) is 7.54. The van der Waals surface area contributed by atoms with E-state index in [0.717, 1.165) is 16.8 Å². The summed E-state index contributed by atoms with van der Waals surface area (Å²) in [7, 11) is 0. The van der Waals surface area contributed by atoms with Gasteiger partial charge in [-0.2, -0.15) is 4.99 Å². The van der Waals surface area contributed by atoms with Crippen LogP contribution in [0.25, 0.3) is 0 Å². The van der Waals surface area contributed by atoms with Crippen LogP contribution in [0.1, 0.15) is 11.1 Å². The number of anilines is 1. The van der Waals surface area contributed by atoms with Gasteiger partial charge in [0, 0.05) is 10.7 Å². The predicted octanol–water partition coefficient (Wildman–Crippen LogP) is 4.88. The van der Waals surface area contributed by atoms with Gasteiger partial charge in [0.2, 0.25) is 17.0 Å². The number of benzene rings is 2. The molecule has 0 saturated carbocycles. The van der Waals surface area contributed by atoms with E-state index in [1.54, 1.807) is 35.4 Å². The summed E-state index contributed by atoms with van der Waals surface area (Å²) < 4.78 is 5.87. The van der Waals surface area contributed by atoms with Crippen LogP contribution in [0.5, 0.6) is 5.75 Å². The highest BCUT2D eigenvalue weighted by Gasteiger charge is 2.18. The Hall–Kier alpha value is -2.77. The van der Waals surface area contributed by atoms with E-state index in [0.29, 0.717) is 34.9 Å². The lowest BCUT2D eigenvalue weighted by Gasteiger charge is -2.23. The van der Waals surface area contributed by atoms with E-state index in [1.165, 1.54) is 11.8 Å². The molecule has 1 amide bonds. The van der Waals surface area contributed by atoms with Gasteiger partial charge in [-0.1, -0.05) is 41.6 Å². The molecular weight excluding hydrogens is 420 g/mol. The number of carbonyl (C=O) groups is 1. The largest absolute Gasteiger partial charge is 0.441 e. The van der Waals surface area contributed by atoms with Crippen LogP contribution < -0.4 is 10.1 Å². The van der Waals surface area contributed by atoms with Gasteiger partial charge in [-0.15, -0.1) is 11.7 Å². The third-order valence-electron chi connectivity index (χ3n) is 4.37. The van der Waals surface area contributed by atoms with Crippen molar-refractivity contribution in [3.8, 4) is 5.75 Å². The molecule has 0 fully saturated rings. The smallest absolute Gasteiger partial charge is 0.234 e. The maximum atomic E-state index is 12.4. The second-order valence-corrected chi connectivity index (χ2v) is 8.04. The van der Waals surface area contributed by atoms with E-state index in [-0.39, 0.29) is 11.7 Å². The van der Waals surface area contributed by atoms with E-state index in [9.17, 15) is 4.79 Å². The van der Waals surface area contributed by atoms with Crippen molar-refractivity contribution in [1.82, 2.24) is 5.01 Å². The van der Waals surface area contributed by atoms with Crippen molar-refractivity contribution in [2.24, 2.45) is 10.1 Å². The maximum Gasteiger partial charge on any atom is 0.234 e. The lowest BCUT2D eigenvalue weighted by atomic mass is 10.1. The van der Waals surface area contributed by atoms with Crippen LogP contribution in [0.15, 0.2) is 65.2 Å². The first-order chi connectivity index (χ1) is 14.4. The highest BCUT2D eigenvalue weighted by molar-refractivity contribution is 8.14. The third kappa shape index (κ3) is 6.11. The first kappa shape index (κ1) is 21.9. The quantitative estimate of drug-likeness (QED) is 0.647. The molecule has 0 spiro atoms. The van der Waals surface area contributed by atoms with Crippen molar-refractivity contribution in [1.29, 1.82) is 0 Å². The molecule has 0 atom stereocenters. The second kappa shape index (κ2) is 10.3. The molecular formula is C22H23ClN4O2S. The molecule has 0 unspecified atom stereocenters. The zero-order chi connectivity index (χ0) is 21.5. The molecule has 0 aliphatic carbocycles. The molecule has 1 aliphatic rings. The number of carbonyl (C=O) groups excluding carboxylic acids is 1. The average Bonchev–Trinajstić information content (AvgIpc) is 2.72. The summed E-state index contributed by atoms with van der Waals surface area (Å²) in [5, 5.41) is 10.3. The Balaban J connectivity index is 1.65. The van der Waals surface area contributed by atoms with Crippen LogP contribution in [0.4, 0.5) is 5.69 Å². The van der Waals surface area contributed by atoms with Crippen LogP contribution in [0.2, 0.25) is 5.02 Å². The molecule has 2 aromatic rings. The molecule has 8 heteroatoms. The summed E-state index contributed by atoms with van der Waals surface area (Å²) in [4.78, 5) is 16.9. The maximum absolute atomic E-state index is 12.4. The number of aliphatic imine (C=N–C) groups is 1. The van der Waals surface area contributed by atoms with Gasteiger partial charge in [0.15, 0.2) is 0 Å². The minimum atomic E-state index is -0.118. The highest BCUT2D eigenvalue weighted by atomic mass is 35.5. The molecule has 2 aromatic carbocycles. The molecule has 30 heavy (non-hydrogen) atoms. The summed E-state index contributed by atoms with van der Waals surface area (Å²) in [6, 6.07) is 12.9. The minimum absolute atomic E-state index is 0.118. The number of rotatable bonds is 6. The highest BCUT2D eigenvalue weighted by Crippen LogP contribution is 2.20. The molecule has 1 N–H and O–H groups in total. The molecule has 3 rings (SSSR count). The van der Waals surface area contributed by atoms with Crippen LogP contribution in [0.3, 0.4) is 0 Å². The van der Waals surface area contributed by atoms with Crippen LogP contribution in [-0.2, 0) is 4.79 Å². The predicted molar refractivity (Wildman–Crippen MR) is 126 cm³/mol. The summed E-state index contributed by atoms with van der Waals surface area (Å²) in [6.45, 7) is 8.71. The Bertz CT molecular complexity index is 989. The molecule has 0 aromatic heterocycles. The third-order valence-corrected chi connectivity index (χ3v) is 5.45. The van der Waals surface area contributed by atoms with Crippen molar-refractivity contribution < 1.29 is 9.53 Å². The number of hydrogen-bond donors (Lipinski definition) is 1. The van der Waals surface area contributed by atoms with Gasteiger partial charge in [-0.05, 0) is 55.3 Å². The van der Waals surface area contributed by atoms with E-state index in [4.69, 9.17) is 16.3 Å². The number of hydrazone groups is 1. The van der Waals surface area contributed by atoms with Crippen molar-refractivity contribution in [2.45, 2.75) is 13.8 Å². The van der Waals surface area contributed by atoms with Crippen LogP contribution in [-0.4, -0.2) is 40.8 Å². The van der Waals surface area contributed by atoms with Gasteiger partial charge in [-0.25, -0.2) is 0 Å². The van der Waals surface area contributed by atoms with Crippen molar-refractivity contribution >= 4 is 46.0 Å². The lowest BCUT2D eigenvalue weighted by Crippen LogP contribution is -2.33. The monoisotopic (exact) mass is 442 g/mol. The second-order valence-electron chi connectivity index (χ2n) is 6.66. The number of nitrogens with one attached hydrogen (secondary N) is 1. The van der Waals surface area contributed by atoms with E-state index in [1.807, 2.05) is 32.0 Å². The Morgan fingerprint density at radius 1 is 1.30 bits per heavy atom. The Morgan fingerprint density at radius 3 is 2.80 bits per heavy atom. The molecule has 1 heterocycles. The molecule has 0 radical (unpaired) electrons. The van der Waals surface area contributed by atoms with Gasteiger partial charge in [0.05, 0.1) is 12.3 Å². The zero-order valence-corrected chi connectivity index (χ0v) is 18.5. The zero-order valence-electron chi connectivity index (χ0n) is 16.9. The van der Waals surface area contributed by atoms with Crippen LogP contribution >= 0.6 is 23.4 Å². The number of aryl methyl sites for hydroxylation is 1. The number of hydrogen-bond acceptors (Lipinski definition) is 6. The topological polar surface area (TPSA) is 66.3 Å². The molecule has 156 valence electrons. The van der Waals surface area contributed by atoms with Crippen molar-refractivity contribution in [3.63, 3.8) is 0 Å². The Morgan fingerprint density at radius 2 is 2.07 bits per heavy atom. The number of amidine groups is 1. The first-order valence-corrected chi connectivity index (χ1v) is 10.7. The van der Waals surface area contributed by atoms with Gasteiger partial charge in [-0.3, -0.25) is 9.80 Å². The van der Waals surface area contributed by atoms with Crippen molar-refractivity contribution in [3.05, 3.63) is 71.3 Å². The fourth-order valence-electron chi connectivity index (χ4n) is 2.69. The fourth-order valence-corrected chi connectivity index (χ4v) is 3.49. The van der Waals surface area contributed by atoms with Gasteiger partial charge in [0.25, 0.3) is 0 Å². The molecule has 6 nitrogen and oxygen atoms in total.